The van der Waals surface area contributed by atoms with Gasteiger partial charge in [0.15, 0.2) is 10.9 Å². The Kier molecular flexibility index (Phi) is 4.42. The van der Waals surface area contributed by atoms with Crippen LogP contribution in [0.15, 0.2) is 18.3 Å². The molecule has 0 unspecified atom stereocenters. The van der Waals surface area contributed by atoms with Gasteiger partial charge in [0.1, 0.15) is 27.1 Å². The van der Waals surface area contributed by atoms with Gasteiger partial charge in [-0.05, 0) is 18.6 Å². The predicted octanol–water partition coefficient (Wildman–Crippen LogP) is 5.34. The van der Waals surface area contributed by atoms with Gasteiger partial charge in [-0.15, -0.1) is 0 Å². The number of halogens is 6. The van der Waals surface area contributed by atoms with E-state index in [1.54, 1.807) is 0 Å². The Labute approximate surface area is 178 Å². The van der Waals surface area contributed by atoms with Crippen LogP contribution >= 0.6 is 22.9 Å². The quantitative estimate of drug-likeness (QED) is 0.393. The highest BCUT2D eigenvalue weighted by atomic mass is 35.5. The van der Waals surface area contributed by atoms with E-state index in [-0.39, 0.29) is 33.0 Å². The maximum absolute atomic E-state index is 14.6. The van der Waals surface area contributed by atoms with Gasteiger partial charge in [0.2, 0.25) is 5.91 Å². The first-order valence-electron chi connectivity index (χ1n) is 8.79. The first kappa shape index (κ1) is 20.1. The summed E-state index contributed by atoms with van der Waals surface area (Å²) in [6.45, 7) is 0. The van der Waals surface area contributed by atoms with E-state index in [1.807, 2.05) is 0 Å². The Bertz CT molecular complexity index is 1370. The number of anilines is 1. The van der Waals surface area contributed by atoms with Gasteiger partial charge >= 0.3 is 6.18 Å². The van der Waals surface area contributed by atoms with Gasteiger partial charge in [-0.25, -0.2) is 18.7 Å². The summed E-state index contributed by atoms with van der Waals surface area (Å²) in [4.78, 5) is 20.5. The predicted molar refractivity (Wildman–Crippen MR) is 104 cm³/mol. The first-order valence-corrected chi connectivity index (χ1v) is 9.98. The van der Waals surface area contributed by atoms with Crippen molar-refractivity contribution in [3.8, 4) is 11.3 Å². The molecule has 160 valence electrons. The van der Waals surface area contributed by atoms with Crippen LogP contribution in [-0.4, -0.2) is 32.2 Å². The normalized spacial score (nSPS) is 18.6. The lowest BCUT2D eigenvalue weighted by atomic mass is 9.98. The third kappa shape index (κ3) is 3.30. The van der Waals surface area contributed by atoms with Crippen LogP contribution in [0.1, 0.15) is 12.0 Å². The number of rotatable bonds is 3. The zero-order valence-corrected chi connectivity index (χ0v) is 16.6. The van der Waals surface area contributed by atoms with Crippen LogP contribution in [0.2, 0.25) is 5.02 Å². The molecule has 2 atom stereocenters. The highest BCUT2D eigenvalue weighted by Gasteiger charge is 2.44. The number of amides is 1. The van der Waals surface area contributed by atoms with Crippen molar-refractivity contribution in [1.82, 2.24) is 20.2 Å². The molecule has 5 rings (SSSR count). The van der Waals surface area contributed by atoms with Gasteiger partial charge in [0.05, 0.1) is 23.3 Å². The molecular weight excluding hydrogens is 465 g/mol. The number of fused-ring (bicyclic) bond motifs is 2. The van der Waals surface area contributed by atoms with Crippen molar-refractivity contribution in [2.24, 2.45) is 5.92 Å². The molecule has 1 aliphatic carbocycles. The molecule has 3 aromatic heterocycles. The molecule has 3 heterocycles. The lowest BCUT2D eigenvalue weighted by Gasteiger charge is -2.15. The monoisotopic (exact) mass is 473 g/mol. The number of H-pyrrole nitrogens is 1. The second-order valence-electron chi connectivity index (χ2n) is 6.92. The number of hydrogen-bond acceptors (Lipinski definition) is 5. The van der Waals surface area contributed by atoms with E-state index < -0.39 is 46.1 Å². The van der Waals surface area contributed by atoms with Gasteiger partial charge in [-0.1, -0.05) is 22.9 Å². The van der Waals surface area contributed by atoms with E-state index in [0.717, 1.165) is 17.5 Å². The standard InChI is InChI=1S/C18H9ClF5N5OS/c19-12-13(21)11(18(22,23)24)10(6-4-25-29-14(6)12)8-1-2-9-16(26-8)31-17(27-9)28-15(30)5-3-7(5)20/h1-2,4-5,7H,3H2,(H,25,29)(H,27,28,30)/t5-,7+/m1/s1. The second kappa shape index (κ2) is 6.82. The molecule has 13 heteroatoms. The number of thiazole rings is 1. The Balaban J connectivity index is 1.65. The van der Waals surface area contributed by atoms with Gasteiger partial charge in [-0.2, -0.15) is 18.3 Å². The molecule has 31 heavy (non-hydrogen) atoms. The summed E-state index contributed by atoms with van der Waals surface area (Å²) in [5.41, 5.74) is -2.03. The SMILES string of the molecule is O=C(Nc1nc2ccc(-c3c(C(F)(F)F)c(F)c(Cl)c4[nH]ncc34)nc2s1)[C@@H]1C[C@@H]1F. The van der Waals surface area contributed by atoms with Crippen molar-refractivity contribution >= 4 is 55.2 Å². The second-order valence-corrected chi connectivity index (χ2v) is 8.28. The van der Waals surface area contributed by atoms with Crippen molar-refractivity contribution < 1.29 is 26.7 Å². The number of carbonyl (C=O) groups is 1. The van der Waals surface area contributed by atoms with Crippen LogP contribution in [0.3, 0.4) is 0 Å². The van der Waals surface area contributed by atoms with E-state index in [9.17, 15) is 26.7 Å². The minimum atomic E-state index is -5.05. The van der Waals surface area contributed by atoms with Crippen LogP contribution in [0.4, 0.5) is 27.1 Å². The molecular formula is C18H9ClF5N5OS. The fraction of sp³-hybridized carbons (Fsp3) is 0.222. The third-order valence-corrected chi connectivity index (χ3v) is 6.10. The summed E-state index contributed by atoms with van der Waals surface area (Å²) in [6.07, 6.45) is -4.98. The van der Waals surface area contributed by atoms with Crippen molar-refractivity contribution in [3.05, 3.63) is 34.7 Å². The molecule has 1 saturated carbocycles. The molecule has 1 fully saturated rings. The number of benzene rings is 1. The Morgan fingerprint density at radius 1 is 1.29 bits per heavy atom. The summed E-state index contributed by atoms with van der Waals surface area (Å²) in [7, 11) is 0. The molecule has 2 N–H and O–H groups in total. The van der Waals surface area contributed by atoms with E-state index in [1.165, 1.54) is 12.1 Å². The average Bonchev–Trinajstić information content (AvgIpc) is 3.09. The molecule has 0 radical (unpaired) electrons. The first-order chi connectivity index (χ1) is 14.6. The number of aromatic amines is 1. The maximum atomic E-state index is 14.6. The van der Waals surface area contributed by atoms with Crippen molar-refractivity contribution in [2.75, 3.05) is 5.32 Å². The summed E-state index contributed by atoms with van der Waals surface area (Å²) in [6, 6.07) is 2.66. The summed E-state index contributed by atoms with van der Waals surface area (Å²) >= 11 is 6.69. The molecule has 1 amide bonds. The van der Waals surface area contributed by atoms with Crippen LogP contribution in [-0.2, 0) is 11.0 Å². The Morgan fingerprint density at radius 2 is 2.03 bits per heavy atom. The molecule has 0 saturated heterocycles. The zero-order chi connectivity index (χ0) is 22.1. The lowest BCUT2D eigenvalue weighted by molar-refractivity contribution is -0.139. The van der Waals surface area contributed by atoms with Crippen molar-refractivity contribution in [3.63, 3.8) is 0 Å². The fourth-order valence-electron chi connectivity index (χ4n) is 3.28. The van der Waals surface area contributed by atoms with Gasteiger partial charge < -0.3 is 5.32 Å². The molecule has 1 aliphatic rings. The molecule has 0 aliphatic heterocycles. The minimum Gasteiger partial charge on any atom is -0.302 e. The lowest BCUT2D eigenvalue weighted by Crippen LogP contribution is -2.14. The average molecular weight is 474 g/mol. The minimum absolute atomic E-state index is 0.0497. The highest BCUT2D eigenvalue weighted by Crippen LogP contribution is 2.45. The summed E-state index contributed by atoms with van der Waals surface area (Å²) in [5.74, 6) is -2.88. The van der Waals surface area contributed by atoms with Crippen molar-refractivity contribution in [1.29, 1.82) is 0 Å². The Hall–Kier alpha value is -2.86. The maximum Gasteiger partial charge on any atom is 0.419 e. The topological polar surface area (TPSA) is 83.6 Å². The highest BCUT2D eigenvalue weighted by molar-refractivity contribution is 7.22. The number of pyridine rings is 1. The van der Waals surface area contributed by atoms with Crippen LogP contribution in [0.5, 0.6) is 0 Å². The Morgan fingerprint density at radius 3 is 2.71 bits per heavy atom. The van der Waals surface area contributed by atoms with Crippen LogP contribution < -0.4 is 5.32 Å². The van der Waals surface area contributed by atoms with Gasteiger partial charge in [0, 0.05) is 10.9 Å². The fourth-order valence-corrected chi connectivity index (χ4v) is 4.36. The molecule has 4 aromatic rings. The van der Waals surface area contributed by atoms with E-state index in [0.29, 0.717) is 5.52 Å². The molecule has 0 bridgehead atoms. The van der Waals surface area contributed by atoms with Gasteiger partial charge in [0.25, 0.3) is 0 Å². The molecule has 6 nitrogen and oxygen atoms in total. The third-order valence-electron chi connectivity index (χ3n) is 4.86. The van der Waals surface area contributed by atoms with Gasteiger partial charge in [-0.3, -0.25) is 9.89 Å². The zero-order valence-electron chi connectivity index (χ0n) is 15.0. The van der Waals surface area contributed by atoms with E-state index in [2.05, 4.69) is 25.5 Å². The van der Waals surface area contributed by atoms with E-state index >= 15 is 0 Å². The molecule has 1 aromatic carbocycles. The molecule has 0 spiro atoms. The van der Waals surface area contributed by atoms with E-state index in [4.69, 9.17) is 11.6 Å². The number of alkyl halides is 4. The largest absolute Gasteiger partial charge is 0.419 e. The number of aromatic nitrogens is 4. The number of nitrogens with one attached hydrogen (secondary N) is 2. The summed E-state index contributed by atoms with van der Waals surface area (Å²) in [5, 5.41) is 7.91. The smallest absolute Gasteiger partial charge is 0.302 e. The summed E-state index contributed by atoms with van der Waals surface area (Å²) < 4.78 is 68.9. The van der Waals surface area contributed by atoms with Crippen molar-refractivity contribution in [2.45, 2.75) is 18.8 Å². The number of nitrogens with zero attached hydrogens (tertiary/aromatic N) is 3. The number of hydrogen-bond donors (Lipinski definition) is 2. The van der Waals surface area contributed by atoms with Crippen LogP contribution in [0, 0.1) is 11.7 Å². The van der Waals surface area contributed by atoms with Crippen LogP contribution in [0.25, 0.3) is 32.5 Å². The number of carbonyl (C=O) groups excluding carboxylic acids is 1.